The standard InChI is InChI=1S/C50H95NO8/c1-3-5-7-9-11-13-15-17-19-21-22-24-26-28-30-32-34-36-38-40-46(54)51-43(42-58-50-49(57)48(56)47(55)45(41-52)59-50)44(53)39-37-35-33-31-29-27-25-23-20-18-16-14-12-10-8-6-4-2/h11,13,17,19,43-45,47-50,52-53,55-57H,3-10,12,14-16,18,20-42H2,1-2H3,(H,51,54)/b13-11-,19-17-. The zero-order valence-corrected chi connectivity index (χ0v) is 38.3. The molecule has 0 bridgehead atoms. The molecule has 0 aromatic heterocycles. The summed E-state index contributed by atoms with van der Waals surface area (Å²) in [6, 6.07) is -0.719. The van der Waals surface area contributed by atoms with Gasteiger partial charge in [-0.2, -0.15) is 0 Å². The zero-order chi connectivity index (χ0) is 43.0. The van der Waals surface area contributed by atoms with E-state index in [0.29, 0.717) is 12.8 Å². The summed E-state index contributed by atoms with van der Waals surface area (Å²) < 4.78 is 11.3. The molecular weight excluding hydrogens is 743 g/mol. The van der Waals surface area contributed by atoms with Crippen molar-refractivity contribution in [3.8, 4) is 0 Å². The van der Waals surface area contributed by atoms with Gasteiger partial charge >= 0.3 is 0 Å². The first kappa shape index (κ1) is 55.7. The molecule has 0 aliphatic carbocycles. The van der Waals surface area contributed by atoms with Crippen LogP contribution in [0.4, 0.5) is 0 Å². The average molecular weight is 838 g/mol. The molecule has 1 rings (SSSR count). The Kier molecular flexibility index (Phi) is 38.4. The quantitative estimate of drug-likeness (QED) is 0.0263. The Bertz CT molecular complexity index is 977. The van der Waals surface area contributed by atoms with Gasteiger partial charge in [0.25, 0.3) is 0 Å². The second-order valence-corrected chi connectivity index (χ2v) is 17.6. The fourth-order valence-corrected chi connectivity index (χ4v) is 8.02. The van der Waals surface area contributed by atoms with Crippen molar-refractivity contribution in [3.63, 3.8) is 0 Å². The number of carbonyl (C=O) groups is 1. The summed E-state index contributed by atoms with van der Waals surface area (Å²) in [5.74, 6) is -0.147. The highest BCUT2D eigenvalue weighted by Gasteiger charge is 2.44. The predicted molar refractivity (Wildman–Crippen MR) is 244 cm³/mol. The highest BCUT2D eigenvalue weighted by atomic mass is 16.7. The molecular formula is C50H95NO8. The van der Waals surface area contributed by atoms with E-state index in [1.165, 1.54) is 161 Å². The molecule has 0 radical (unpaired) electrons. The lowest BCUT2D eigenvalue weighted by molar-refractivity contribution is -0.302. The van der Waals surface area contributed by atoms with Gasteiger partial charge in [0.2, 0.25) is 5.91 Å². The van der Waals surface area contributed by atoms with Crippen LogP contribution in [0.2, 0.25) is 0 Å². The van der Waals surface area contributed by atoms with E-state index in [1.807, 2.05) is 0 Å². The van der Waals surface area contributed by atoms with Gasteiger partial charge in [0.1, 0.15) is 24.4 Å². The topological polar surface area (TPSA) is 149 Å². The summed E-state index contributed by atoms with van der Waals surface area (Å²) in [5, 5.41) is 54.5. The number of carbonyl (C=O) groups excluding carboxylic acids is 1. The Balaban J connectivity index is 2.29. The summed E-state index contributed by atoms with van der Waals surface area (Å²) in [5.41, 5.74) is 0. The predicted octanol–water partition coefficient (Wildman–Crippen LogP) is 11.1. The monoisotopic (exact) mass is 838 g/mol. The van der Waals surface area contributed by atoms with Crippen molar-refractivity contribution < 1.29 is 39.8 Å². The third-order valence-corrected chi connectivity index (χ3v) is 12.1. The molecule has 1 aliphatic rings. The van der Waals surface area contributed by atoms with Gasteiger partial charge in [-0.25, -0.2) is 0 Å². The maximum absolute atomic E-state index is 13.0. The smallest absolute Gasteiger partial charge is 0.220 e. The molecule has 0 spiro atoms. The van der Waals surface area contributed by atoms with Crippen LogP contribution in [0.5, 0.6) is 0 Å². The summed E-state index contributed by atoms with van der Waals surface area (Å²) in [4.78, 5) is 13.0. The Labute approximate surface area is 362 Å². The molecule has 1 saturated heterocycles. The van der Waals surface area contributed by atoms with Crippen molar-refractivity contribution in [1.82, 2.24) is 5.32 Å². The zero-order valence-electron chi connectivity index (χ0n) is 38.3. The molecule has 6 N–H and O–H groups in total. The number of rotatable bonds is 42. The van der Waals surface area contributed by atoms with Crippen LogP contribution in [0.1, 0.15) is 232 Å². The Morgan fingerprint density at radius 2 is 1.00 bits per heavy atom. The summed E-state index contributed by atoms with van der Waals surface area (Å²) in [6.45, 7) is 3.82. The van der Waals surface area contributed by atoms with Crippen LogP contribution < -0.4 is 5.32 Å². The lowest BCUT2D eigenvalue weighted by Crippen LogP contribution is -2.60. The highest BCUT2D eigenvalue weighted by molar-refractivity contribution is 5.76. The maximum atomic E-state index is 13.0. The molecule has 1 amide bonds. The number of aliphatic hydroxyl groups excluding tert-OH is 5. The largest absolute Gasteiger partial charge is 0.394 e. The molecule has 0 saturated carbocycles. The molecule has 0 aromatic rings. The number of aliphatic hydroxyl groups is 5. The lowest BCUT2D eigenvalue weighted by Gasteiger charge is -2.40. The molecule has 1 aliphatic heterocycles. The van der Waals surface area contributed by atoms with Gasteiger partial charge in [-0.15, -0.1) is 0 Å². The molecule has 348 valence electrons. The number of nitrogens with one attached hydrogen (secondary N) is 1. The highest BCUT2D eigenvalue weighted by Crippen LogP contribution is 2.23. The van der Waals surface area contributed by atoms with Gasteiger partial charge in [0.05, 0.1) is 25.4 Å². The van der Waals surface area contributed by atoms with Crippen molar-refractivity contribution in [3.05, 3.63) is 24.3 Å². The number of unbranched alkanes of at least 4 members (excludes halogenated alkanes) is 28. The Morgan fingerprint density at radius 3 is 1.49 bits per heavy atom. The molecule has 59 heavy (non-hydrogen) atoms. The van der Waals surface area contributed by atoms with Gasteiger partial charge in [-0.3, -0.25) is 4.79 Å². The van der Waals surface area contributed by atoms with Gasteiger partial charge < -0.3 is 40.3 Å². The lowest BCUT2D eigenvalue weighted by atomic mass is 9.99. The van der Waals surface area contributed by atoms with Crippen LogP contribution >= 0.6 is 0 Å². The van der Waals surface area contributed by atoms with Crippen LogP contribution in [0, 0.1) is 0 Å². The normalized spacial score (nSPS) is 20.8. The summed E-state index contributed by atoms with van der Waals surface area (Å²) in [6.07, 6.45) is 41.8. The van der Waals surface area contributed by atoms with Crippen molar-refractivity contribution in [1.29, 1.82) is 0 Å². The SMILES string of the molecule is CCCCC/C=C\C/C=C\CCCCCCCCCCCC(=O)NC(COC1OC(CO)C(O)C(O)C1O)C(O)CCCCCCCCCCCCCCCCCCC. The molecule has 7 unspecified atom stereocenters. The van der Waals surface area contributed by atoms with Crippen LogP contribution in [-0.4, -0.2) is 87.5 Å². The van der Waals surface area contributed by atoms with E-state index >= 15 is 0 Å². The Morgan fingerprint density at radius 1 is 0.576 bits per heavy atom. The van der Waals surface area contributed by atoms with Crippen LogP contribution in [0.3, 0.4) is 0 Å². The van der Waals surface area contributed by atoms with Gasteiger partial charge in [-0.1, -0.05) is 205 Å². The van der Waals surface area contributed by atoms with E-state index in [0.717, 1.165) is 44.9 Å². The molecule has 9 nitrogen and oxygen atoms in total. The first-order valence-corrected chi connectivity index (χ1v) is 25.0. The van der Waals surface area contributed by atoms with E-state index in [2.05, 4.69) is 43.5 Å². The summed E-state index contributed by atoms with van der Waals surface area (Å²) in [7, 11) is 0. The fourth-order valence-electron chi connectivity index (χ4n) is 8.02. The first-order chi connectivity index (χ1) is 28.8. The fraction of sp³-hybridized carbons (Fsp3) is 0.900. The van der Waals surface area contributed by atoms with E-state index in [4.69, 9.17) is 9.47 Å². The molecule has 1 fully saturated rings. The van der Waals surface area contributed by atoms with Crippen molar-refractivity contribution in [2.24, 2.45) is 0 Å². The van der Waals surface area contributed by atoms with E-state index in [9.17, 15) is 30.3 Å². The van der Waals surface area contributed by atoms with Crippen molar-refractivity contribution >= 4 is 5.91 Å². The number of hydrogen-bond donors (Lipinski definition) is 6. The van der Waals surface area contributed by atoms with Gasteiger partial charge in [-0.05, 0) is 44.9 Å². The van der Waals surface area contributed by atoms with E-state index < -0.39 is 49.5 Å². The molecule has 1 heterocycles. The van der Waals surface area contributed by atoms with Crippen LogP contribution in [-0.2, 0) is 14.3 Å². The maximum Gasteiger partial charge on any atom is 0.220 e. The molecule has 7 atom stereocenters. The third kappa shape index (κ3) is 31.2. The third-order valence-electron chi connectivity index (χ3n) is 12.1. The number of ether oxygens (including phenoxy) is 2. The molecule has 0 aromatic carbocycles. The van der Waals surface area contributed by atoms with Crippen LogP contribution in [0.25, 0.3) is 0 Å². The summed E-state index contributed by atoms with van der Waals surface area (Å²) >= 11 is 0. The average Bonchev–Trinajstić information content (AvgIpc) is 3.23. The molecule has 9 heteroatoms. The van der Waals surface area contributed by atoms with Crippen molar-refractivity contribution in [2.45, 2.75) is 275 Å². The minimum atomic E-state index is -1.55. The Hall–Kier alpha value is -1.33. The first-order valence-electron chi connectivity index (χ1n) is 25.0. The number of amides is 1. The van der Waals surface area contributed by atoms with Crippen molar-refractivity contribution in [2.75, 3.05) is 13.2 Å². The minimum Gasteiger partial charge on any atom is -0.394 e. The second kappa shape index (κ2) is 40.7. The minimum absolute atomic E-state index is 0.138. The van der Waals surface area contributed by atoms with Gasteiger partial charge in [0.15, 0.2) is 6.29 Å². The van der Waals surface area contributed by atoms with Gasteiger partial charge in [0, 0.05) is 6.42 Å². The van der Waals surface area contributed by atoms with Crippen LogP contribution in [0.15, 0.2) is 24.3 Å². The van der Waals surface area contributed by atoms with E-state index in [-0.39, 0.29) is 12.5 Å². The number of hydrogen-bond acceptors (Lipinski definition) is 8. The second-order valence-electron chi connectivity index (χ2n) is 17.6. The van der Waals surface area contributed by atoms with E-state index in [1.54, 1.807) is 0 Å². The number of allylic oxidation sites excluding steroid dienone is 4.